The van der Waals surface area contributed by atoms with E-state index in [4.69, 9.17) is 9.47 Å². The van der Waals surface area contributed by atoms with Gasteiger partial charge >= 0.3 is 12.1 Å². The van der Waals surface area contributed by atoms with Crippen LogP contribution in [0.4, 0.5) is 4.79 Å². The summed E-state index contributed by atoms with van der Waals surface area (Å²) in [5, 5.41) is 2.87. The highest BCUT2D eigenvalue weighted by molar-refractivity contribution is 5.69. The molecule has 1 heterocycles. The number of hydrogen-bond acceptors (Lipinski definition) is 5. The lowest BCUT2D eigenvalue weighted by molar-refractivity contribution is -0.143. The number of hydrogen-bond donors (Lipinski definition) is 1. The molecule has 136 valence electrons. The fraction of sp³-hybridized carbons (Fsp3) is 0.706. The summed E-state index contributed by atoms with van der Waals surface area (Å²) in [6, 6.07) is 0. The zero-order valence-corrected chi connectivity index (χ0v) is 15.5. The van der Waals surface area contributed by atoms with Crippen LogP contribution in [0.1, 0.15) is 53.7 Å². The first-order valence-electron chi connectivity index (χ1n) is 8.18. The van der Waals surface area contributed by atoms with E-state index in [1.807, 2.05) is 39.2 Å². The molecule has 1 aromatic heterocycles. The van der Waals surface area contributed by atoms with Crippen molar-refractivity contribution in [3.8, 4) is 0 Å². The number of imidazole rings is 1. The van der Waals surface area contributed by atoms with Gasteiger partial charge in [-0.3, -0.25) is 4.79 Å². The first kappa shape index (κ1) is 20.0. The van der Waals surface area contributed by atoms with Crippen molar-refractivity contribution in [2.24, 2.45) is 0 Å². The number of alkyl carbamates (subject to hydrolysis) is 1. The van der Waals surface area contributed by atoms with E-state index in [9.17, 15) is 9.59 Å². The highest BCUT2D eigenvalue weighted by Crippen LogP contribution is 2.15. The molecule has 1 N–H and O–H groups in total. The van der Waals surface area contributed by atoms with Crippen molar-refractivity contribution >= 4 is 12.1 Å². The molecular weight excluding hydrogens is 310 g/mol. The molecule has 0 aliphatic rings. The maximum atomic E-state index is 12.0. The van der Waals surface area contributed by atoms with Crippen LogP contribution in [0.25, 0.3) is 0 Å². The van der Waals surface area contributed by atoms with E-state index >= 15 is 0 Å². The Morgan fingerprint density at radius 2 is 1.92 bits per heavy atom. The SMILES string of the molecule is CCOC(=O)CCn1cncc1CC(C)(C)NC(=O)OC(C)(C)C. The summed E-state index contributed by atoms with van der Waals surface area (Å²) >= 11 is 0. The number of amides is 1. The molecular formula is C17H29N3O4. The van der Waals surface area contributed by atoms with Crippen molar-refractivity contribution in [2.45, 2.75) is 72.1 Å². The van der Waals surface area contributed by atoms with Crippen LogP contribution < -0.4 is 5.32 Å². The maximum absolute atomic E-state index is 12.0. The Morgan fingerprint density at radius 3 is 2.50 bits per heavy atom. The molecule has 1 rings (SSSR count). The predicted molar refractivity (Wildman–Crippen MR) is 90.6 cm³/mol. The van der Waals surface area contributed by atoms with Crippen LogP contribution in [0, 0.1) is 0 Å². The zero-order valence-electron chi connectivity index (χ0n) is 15.5. The smallest absolute Gasteiger partial charge is 0.408 e. The van der Waals surface area contributed by atoms with Crippen molar-refractivity contribution in [3.05, 3.63) is 18.2 Å². The zero-order chi connectivity index (χ0) is 18.4. The van der Waals surface area contributed by atoms with Crippen molar-refractivity contribution < 1.29 is 19.1 Å². The quantitative estimate of drug-likeness (QED) is 0.772. The Labute approximate surface area is 143 Å². The molecule has 1 amide bonds. The number of ether oxygens (including phenoxy) is 2. The Bertz CT molecular complexity index is 558. The molecule has 0 fully saturated rings. The Kier molecular flexibility index (Phi) is 6.81. The first-order chi connectivity index (χ1) is 11.0. The van der Waals surface area contributed by atoms with Crippen molar-refractivity contribution in [1.29, 1.82) is 0 Å². The van der Waals surface area contributed by atoms with Gasteiger partial charge in [0.1, 0.15) is 5.60 Å². The molecule has 24 heavy (non-hydrogen) atoms. The third-order valence-corrected chi connectivity index (χ3v) is 3.12. The van der Waals surface area contributed by atoms with Gasteiger partial charge in [-0.05, 0) is 41.5 Å². The van der Waals surface area contributed by atoms with Gasteiger partial charge in [0.25, 0.3) is 0 Å². The summed E-state index contributed by atoms with van der Waals surface area (Å²) in [4.78, 5) is 27.6. The number of carbonyl (C=O) groups excluding carboxylic acids is 2. The van der Waals surface area contributed by atoms with E-state index in [1.54, 1.807) is 19.4 Å². The van der Waals surface area contributed by atoms with E-state index in [0.717, 1.165) is 5.69 Å². The van der Waals surface area contributed by atoms with E-state index in [-0.39, 0.29) is 12.4 Å². The molecule has 1 aromatic rings. The minimum atomic E-state index is -0.540. The summed E-state index contributed by atoms with van der Waals surface area (Å²) in [5.41, 5.74) is -0.119. The number of carbonyl (C=O) groups is 2. The summed E-state index contributed by atoms with van der Waals surface area (Å²) in [5.74, 6) is -0.233. The van der Waals surface area contributed by atoms with Gasteiger partial charge in [-0.2, -0.15) is 0 Å². The largest absolute Gasteiger partial charge is 0.466 e. The number of nitrogens with one attached hydrogen (secondary N) is 1. The molecule has 0 aromatic carbocycles. The van der Waals surface area contributed by atoms with Gasteiger partial charge in [-0.25, -0.2) is 9.78 Å². The van der Waals surface area contributed by atoms with Crippen molar-refractivity contribution in [1.82, 2.24) is 14.9 Å². The fourth-order valence-electron chi connectivity index (χ4n) is 2.22. The lowest BCUT2D eigenvalue weighted by atomic mass is 9.99. The lowest BCUT2D eigenvalue weighted by Gasteiger charge is -2.28. The monoisotopic (exact) mass is 339 g/mol. The minimum absolute atomic E-state index is 0.233. The molecule has 0 aliphatic heterocycles. The summed E-state index contributed by atoms with van der Waals surface area (Å²) in [7, 11) is 0. The molecule has 0 bridgehead atoms. The van der Waals surface area contributed by atoms with Crippen LogP contribution in [0.15, 0.2) is 12.5 Å². The Balaban J connectivity index is 2.63. The summed E-state index contributed by atoms with van der Waals surface area (Å²) < 4.78 is 12.1. The van der Waals surface area contributed by atoms with Gasteiger partial charge < -0.3 is 19.4 Å². The van der Waals surface area contributed by atoms with E-state index < -0.39 is 17.2 Å². The molecule has 0 unspecified atom stereocenters. The van der Waals surface area contributed by atoms with Crippen LogP contribution in [0.3, 0.4) is 0 Å². The van der Waals surface area contributed by atoms with Gasteiger partial charge in [0.15, 0.2) is 0 Å². The average molecular weight is 339 g/mol. The minimum Gasteiger partial charge on any atom is -0.466 e. The van der Waals surface area contributed by atoms with Gasteiger partial charge in [0, 0.05) is 30.4 Å². The van der Waals surface area contributed by atoms with E-state index in [2.05, 4.69) is 10.3 Å². The lowest BCUT2D eigenvalue weighted by Crippen LogP contribution is -2.47. The van der Waals surface area contributed by atoms with Crippen LogP contribution in [-0.4, -0.2) is 39.4 Å². The number of esters is 1. The van der Waals surface area contributed by atoms with Crippen LogP contribution >= 0.6 is 0 Å². The number of aromatic nitrogens is 2. The van der Waals surface area contributed by atoms with Crippen LogP contribution in [0.5, 0.6) is 0 Å². The first-order valence-corrected chi connectivity index (χ1v) is 8.18. The van der Waals surface area contributed by atoms with Gasteiger partial charge in [0.2, 0.25) is 0 Å². The molecule has 7 heteroatoms. The molecule has 0 saturated carbocycles. The summed E-state index contributed by atoms with van der Waals surface area (Å²) in [6.07, 6.45) is 3.82. The highest BCUT2D eigenvalue weighted by atomic mass is 16.6. The highest BCUT2D eigenvalue weighted by Gasteiger charge is 2.26. The molecule has 7 nitrogen and oxygen atoms in total. The number of nitrogens with zero attached hydrogens (tertiary/aromatic N) is 2. The predicted octanol–water partition coefficient (Wildman–Crippen LogP) is 2.68. The van der Waals surface area contributed by atoms with E-state index in [0.29, 0.717) is 19.6 Å². The number of aryl methyl sites for hydroxylation is 1. The molecule has 0 radical (unpaired) electrons. The molecule has 0 spiro atoms. The number of rotatable bonds is 7. The van der Waals surface area contributed by atoms with Crippen molar-refractivity contribution in [2.75, 3.05) is 6.61 Å². The molecule has 0 saturated heterocycles. The van der Waals surface area contributed by atoms with E-state index in [1.165, 1.54) is 0 Å². The van der Waals surface area contributed by atoms with Crippen LogP contribution in [-0.2, 0) is 27.2 Å². The second-order valence-corrected chi connectivity index (χ2v) is 7.32. The Hall–Kier alpha value is -2.05. The second kappa shape index (κ2) is 8.17. The van der Waals surface area contributed by atoms with Crippen molar-refractivity contribution in [3.63, 3.8) is 0 Å². The van der Waals surface area contributed by atoms with Gasteiger partial charge in [0.05, 0.1) is 19.4 Å². The normalized spacial score (nSPS) is 11.9. The maximum Gasteiger partial charge on any atom is 0.408 e. The second-order valence-electron chi connectivity index (χ2n) is 7.32. The third kappa shape index (κ3) is 7.48. The van der Waals surface area contributed by atoms with Crippen LogP contribution in [0.2, 0.25) is 0 Å². The molecule has 0 atom stereocenters. The molecule has 0 aliphatic carbocycles. The topological polar surface area (TPSA) is 82.5 Å². The average Bonchev–Trinajstić information content (AvgIpc) is 2.79. The third-order valence-electron chi connectivity index (χ3n) is 3.12. The van der Waals surface area contributed by atoms with Gasteiger partial charge in [-0.15, -0.1) is 0 Å². The fourth-order valence-corrected chi connectivity index (χ4v) is 2.22. The van der Waals surface area contributed by atoms with Gasteiger partial charge in [-0.1, -0.05) is 0 Å². The standard InChI is InChI=1S/C17H29N3O4/c1-7-23-14(21)8-9-20-12-18-11-13(20)10-17(5,6)19-15(22)24-16(2,3)4/h11-12H,7-10H2,1-6H3,(H,19,22). The summed E-state index contributed by atoms with van der Waals surface area (Å²) in [6.45, 7) is 12.0. The Morgan fingerprint density at radius 1 is 1.25 bits per heavy atom.